The molecule has 0 aromatic rings. The summed E-state index contributed by atoms with van der Waals surface area (Å²) in [4.78, 5) is 11.3. The molecule has 168 valence electrons. The van der Waals surface area contributed by atoms with Crippen molar-refractivity contribution in [3.63, 3.8) is 0 Å². The second kappa shape index (κ2) is 11.4. The molecular formula is C22H44O6. The van der Waals surface area contributed by atoms with Crippen LogP contribution < -0.4 is 0 Å². The Kier molecular flexibility index (Phi) is 11.0. The van der Waals surface area contributed by atoms with Crippen LogP contribution in [-0.2, 0) is 18.9 Å². The van der Waals surface area contributed by atoms with Crippen molar-refractivity contribution in [3.05, 3.63) is 0 Å². The molecule has 0 fully saturated rings. The standard InChI is InChI=1S/C22H44O6/c1-11-22(20(5,6)7,16(2)12-26-13-17(3)23)15-21(8,9)27-14-18(4)28-19(24)25-10/h16-18,23H,11-15H2,1-10H3. The fourth-order valence-corrected chi connectivity index (χ4v) is 4.16. The second-order valence-electron chi connectivity index (χ2n) is 9.68. The van der Waals surface area contributed by atoms with Gasteiger partial charge in [0.05, 0.1) is 32.0 Å². The minimum Gasteiger partial charge on any atom is -0.438 e. The molecule has 0 rings (SSSR count). The van der Waals surface area contributed by atoms with Crippen molar-refractivity contribution in [2.45, 2.75) is 93.0 Å². The molecule has 0 saturated heterocycles. The van der Waals surface area contributed by atoms with E-state index in [9.17, 15) is 9.90 Å². The SMILES string of the molecule is CCC(CC(C)(C)OCC(C)OC(=O)OC)(C(C)COCC(C)O)C(C)(C)C. The summed E-state index contributed by atoms with van der Waals surface area (Å²) < 4.78 is 21.6. The van der Waals surface area contributed by atoms with Crippen LogP contribution in [0.3, 0.4) is 0 Å². The number of carbonyl (C=O) groups is 1. The van der Waals surface area contributed by atoms with Crippen molar-refractivity contribution in [2.24, 2.45) is 16.7 Å². The van der Waals surface area contributed by atoms with Crippen molar-refractivity contribution in [1.29, 1.82) is 0 Å². The van der Waals surface area contributed by atoms with Gasteiger partial charge in [0.2, 0.25) is 0 Å². The quantitative estimate of drug-likeness (QED) is 0.470. The molecule has 0 spiro atoms. The minimum atomic E-state index is -0.699. The fraction of sp³-hybridized carbons (Fsp3) is 0.955. The number of hydrogen-bond donors (Lipinski definition) is 1. The van der Waals surface area contributed by atoms with Crippen LogP contribution in [-0.4, -0.2) is 56.0 Å². The van der Waals surface area contributed by atoms with Gasteiger partial charge in [-0.25, -0.2) is 4.79 Å². The highest BCUT2D eigenvalue weighted by atomic mass is 16.7. The summed E-state index contributed by atoms with van der Waals surface area (Å²) in [6.45, 7) is 20.2. The molecule has 28 heavy (non-hydrogen) atoms. The lowest BCUT2D eigenvalue weighted by Crippen LogP contribution is -2.48. The normalized spacial score (nSPS) is 18.1. The van der Waals surface area contributed by atoms with Gasteiger partial charge < -0.3 is 24.1 Å². The Morgan fingerprint density at radius 2 is 1.57 bits per heavy atom. The number of aliphatic hydroxyl groups is 1. The van der Waals surface area contributed by atoms with Gasteiger partial charge in [0.25, 0.3) is 0 Å². The minimum absolute atomic E-state index is 0.0262. The summed E-state index contributed by atoms with van der Waals surface area (Å²) in [5, 5.41) is 9.48. The van der Waals surface area contributed by atoms with E-state index in [4.69, 9.17) is 14.2 Å². The lowest BCUT2D eigenvalue weighted by Gasteiger charge is -2.52. The van der Waals surface area contributed by atoms with Gasteiger partial charge in [0.15, 0.2) is 0 Å². The molecule has 0 aliphatic carbocycles. The van der Waals surface area contributed by atoms with E-state index >= 15 is 0 Å². The molecule has 4 atom stereocenters. The summed E-state index contributed by atoms with van der Waals surface area (Å²) in [7, 11) is 1.29. The molecule has 0 aliphatic rings. The fourth-order valence-electron chi connectivity index (χ4n) is 4.16. The van der Waals surface area contributed by atoms with E-state index in [1.807, 2.05) is 0 Å². The number of ether oxygens (including phenoxy) is 4. The van der Waals surface area contributed by atoms with E-state index in [1.165, 1.54) is 7.11 Å². The van der Waals surface area contributed by atoms with Gasteiger partial charge in [-0.15, -0.1) is 0 Å². The van der Waals surface area contributed by atoms with E-state index in [1.54, 1.807) is 13.8 Å². The smallest absolute Gasteiger partial charge is 0.438 e. The van der Waals surface area contributed by atoms with E-state index in [2.05, 4.69) is 53.2 Å². The average molecular weight is 405 g/mol. The van der Waals surface area contributed by atoms with Gasteiger partial charge in [-0.1, -0.05) is 34.6 Å². The lowest BCUT2D eigenvalue weighted by molar-refractivity contribution is -0.127. The summed E-state index contributed by atoms with van der Waals surface area (Å²) in [6, 6.07) is 0. The molecule has 0 radical (unpaired) electrons. The number of rotatable bonds is 12. The third kappa shape index (κ3) is 8.66. The topological polar surface area (TPSA) is 74.2 Å². The molecule has 0 bridgehead atoms. The lowest BCUT2D eigenvalue weighted by atomic mass is 9.55. The number of hydrogen-bond acceptors (Lipinski definition) is 6. The molecule has 6 nitrogen and oxygen atoms in total. The monoisotopic (exact) mass is 404 g/mol. The summed E-state index contributed by atoms with van der Waals surface area (Å²) in [5.74, 6) is 0.280. The largest absolute Gasteiger partial charge is 0.508 e. The van der Waals surface area contributed by atoms with Gasteiger partial charge in [-0.3, -0.25) is 0 Å². The van der Waals surface area contributed by atoms with Gasteiger partial charge in [-0.2, -0.15) is 0 Å². The number of carbonyl (C=O) groups excluding carboxylic acids is 1. The molecule has 6 heteroatoms. The summed E-state index contributed by atoms with van der Waals surface area (Å²) in [6.07, 6.45) is 0.273. The molecule has 0 aromatic heterocycles. The Balaban J connectivity index is 5.22. The molecule has 4 unspecified atom stereocenters. The van der Waals surface area contributed by atoms with Crippen molar-refractivity contribution in [2.75, 3.05) is 26.9 Å². The number of methoxy groups -OCH3 is 1. The Labute approximate surface area is 172 Å². The van der Waals surface area contributed by atoms with Crippen LogP contribution in [0.5, 0.6) is 0 Å². The first-order valence-corrected chi connectivity index (χ1v) is 10.3. The molecule has 0 aromatic carbocycles. The third-order valence-electron chi connectivity index (χ3n) is 5.71. The highest BCUT2D eigenvalue weighted by molar-refractivity contribution is 5.59. The summed E-state index contributed by atoms with van der Waals surface area (Å²) in [5.41, 5.74) is -0.401. The molecule has 0 amide bonds. The van der Waals surface area contributed by atoms with E-state index < -0.39 is 17.9 Å². The predicted molar refractivity (Wildman–Crippen MR) is 111 cm³/mol. The van der Waals surface area contributed by atoms with Crippen LogP contribution in [0.25, 0.3) is 0 Å². The van der Waals surface area contributed by atoms with Crippen LogP contribution >= 0.6 is 0 Å². The summed E-state index contributed by atoms with van der Waals surface area (Å²) >= 11 is 0. The number of aliphatic hydroxyl groups excluding tert-OH is 1. The zero-order chi connectivity index (χ0) is 22.2. The maximum Gasteiger partial charge on any atom is 0.508 e. The van der Waals surface area contributed by atoms with Gasteiger partial charge in [0.1, 0.15) is 6.10 Å². The molecular weight excluding hydrogens is 360 g/mol. The maximum atomic E-state index is 11.3. The van der Waals surface area contributed by atoms with Crippen LogP contribution in [0.4, 0.5) is 4.79 Å². The average Bonchev–Trinajstić information content (AvgIpc) is 2.56. The van der Waals surface area contributed by atoms with Crippen LogP contribution in [0.2, 0.25) is 0 Å². The van der Waals surface area contributed by atoms with Crippen LogP contribution in [0.1, 0.15) is 75.2 Å². The van der Waals surface area contributed by atoms with Gasteiger partial charge in [-0.05, 0) is 57.3 Å². The van der Waals surface area contributed by atoms with Crippen molar-refractivity contribution < 1.29 is 28.8 Å². The zero-order valence-electron chi connectivity index (χ0n) is 19.8. The maximum absolute atomic E-state index is 11.3. The van der Waals surface area contributed by atoms with Gasteiger partial charge >= 0.3 is 6.16 Å². The first kappa shape index (κ1) is 27.1. The zero-order valence-corrected chi connectivity index (χ0v) is 19.8. The molecule has 1 N–H and O–H groups in total. The Morgan fingerprint density at radius 1 is 1.00 bits per heavy atom. The van der Waals surface area contributed by atoms with Crippen molar-refractivity contribution >= 4 is 6.16 Å². The Morgan fingerprint density at radius 3 is 2.00 bits per heavy atom. The first-order chi connectivity index (χ1) is 12.7. The highest BCUT2D eigenvalue weighted by Gasteiger charge is 2.48. The van der Waals surface area contributed by atoms with Crippen LogP contribution in [0, 0.1) is 16.7 Å². The Bertz CT molecular complexity index is 454. The molecule has 0 aliphatic heterocycles. The van der Waals surface area contributed by atoms with Crippen molar-refractivity contribution in [1.82, 2.24) is 0 Å². The van der Waals surface area contributed by atoms with E-state index in [0.717, 1.165) is 12.8 Å². The van der Waals surface area contributed by atoms with E-state index in [-0.39, 0.29) is 22.9 Å². The highest BCUT2D eigenvalue weighted by Crippen LogP contribution is 2.53. The molecule has 0 heterocycles. The van der Waals surface area contributed by atoms with Crippen LogP contribution in [0.15, 0.2) is 0 Å². The van der Waals surface area contributed by atoms with Gasteiger partial charge in [0, 0.05) is 6.61 Å². The molecule has 0 saturated carbocycles. The first-order valence-electron chi connectivity index (χ1n) is 10.3. The predicted octanol–water partition coefficient (Wildman–Crippen LogP) is 4.82. The van der Waals surface area contributed by atoms with E-state index in [0.29, 0.717) is 19.8 Å². The second-order valence-corrected chi connectivity index (χ2v) is 9.68. The Hall–Kier alpha value is -0.850. The van der Waals surface area contributed by atoms with Crippen molar-refractivity contribution in [3.8, 4) is 0 Å². The third-order valence-corrected chi connectivity index (χ3v) is 5.71.